The SMILES string of the molecule is CCC(CC)CC.Cl.N. The summed E-state index contributed by atoms with van der Waals surface area (Å²) in [4.78, 5) is 0. The fraction of sp³-hybridized carbons (Fsp3) is 1.00. The first-order chi connectivity index (χ1) is 3.35. The van der Waals surface area contributed by atoms with Crippen LogP contribution in [-0.4, -0.2) is 0 Å². The maximum atomic E-state index is 2.26. The van der Waals surface area contributed by atoms with Crippen molar-refractivity contribution in [2.24, 2.45) is 5.92 Å². The molecule has 0 amide bonds. The Morgan fingerprint density at radius 3 is 1.11 bits per heavy atom. The Hall–Kier alpha value is 0.250. The highest BCUT2D eigenvalue weighted by atomic mass is 35.5. The zero-order chi connectivity index (χ0) is 5.70. The number of rotatable bonds is 3. The van der Waals surface area contributed by atoms with E-state index in [1.54, 1.807) is 0 Å². The van der Waals surface area contributed by atoms with E-state index >= 15 is 0 Å². The van der Waals surface area contributed by atoms with Crippen LogP contribution < -0.4 is 6.15 Å². The smallest absolute Gasteiger partial charge is 0.0422 e. The third-order valence-electron chi connectivity index (χ3n) is 1.73. The first-order valence-electron chi connectivity index (χ1n) is 3.35. The molecular formula is C7H20ClN. The Labute approximate surface area is 65.2 Å². The molecule has 0 aromatic carbocycles. The molecule has 0 aliphatic carbocycles. The quantitative estimate of drug-likeness (QED) is 0.663. The molecule has 9 heavy (non-hydrogen) atoms. The van der Waals surface area contributed by atoms with Gasteiger partial charge < -0.3 is 6.15 Å². The van der Waals surface area contributed by atoms with Crippen LogP contribution in [0, 0.1) is 5.92 Å². The van der Waals surface area contributed by atoms with E-state index in [2.05, 4.69) is 20.8 Å². The average Bonchev–Trinajstić information content (AvgIpc) is 1.72. The van der Waals surface area contributed by atoms with E-state index in [9.17, 15) is 0 Å². The van der Waals surface area contributed by atoms with Gasteiger partial charge in [-0.05, 0) is 5.92 Å². The lowest BCUT2D eigenvalue weighted by molar-refractivity contribution is 0.477. The monoisotopic (exact) mass is 153 g/mol. The third-order valence-corrected chi connectivity index (χ3v) is 1.73. The second-order valence-corrected chi connectivity index (χ2v) is 2.09. The van der Waals surface area contributed by atoms with Crippen LogP contribution in [-0.2, 0) is 0 Å². The predicted octanol–water partition coefficient (Wildman–Crippen LogP) is 3.42. The van der Waals surface area contributed by atoms with E-state index in [1.807, 2.05) is 0 Å². The summed E-state index contributed by atoms with van der Waals surface area (Å²) in [7, 11) is 0. The number of halogens is 1. The molecule has 2 heteroatoms. The van der Waals surface area contributed by atoms with Crippen molar-refractivity contribution in [2.45, 2.75) is 40.0 Å². The van der Waals surface area contributed by atoms with E-state index < -0.39 is 0 Å². The molecule has 0 aromatic rings. The Kier molecular flexibility index (Phi) is 19.9. The summed E-state index contributed by atoms with van der Waals surface area (Å²) in [6.45, 7) is 6.78. The molecule has 0 aromatic heterocycles. The van der Waals surface area contributed by atoms with E-state index in [0.29, 0.717) is 0 Å². The van der Waals surface area contributed by atoms with Crippen molar-refractivity contribution in [3.05, 3.63) is 0 Å². The highest BCUT2D eigenvalue weighted by Gasteiger charge is 1.95. The van der Waals surface area contributed by atoms with Crippen molar-refractivity contribution < 1.29 is 0 Å². The second-order valence-electron chi connectivity index (χ2n) is 2.09. The highest BCUT2D eigenvalue weighted by Crippen LogP contribution is 2.09. The van der Waals surface area contributed by atoms with E-state index in [-0.39, 0.29) is 18.6 Å². The van der Waals surface area contributed by atoms with Crippen molar-refractivity contribution in [1.82, 2.24) is 6.15 Å². The van der Waals surface area contributed by atoms with Gasteiger partial charge in [0, 0.05) is 0 Å². The van der Waals surface area contributed by atoms with Crippen molar-refractivity contribution in [3.8, 4) is 0 Å². The molecule has 0 heterocycles. The summed E-state index contributed by atoms with van der Waals surface area (Å²) in [5.74, 6) is 0.986. The molecule has 0 aliphatic heterocycles. The Bertz CT molecular complexity index is 30.4. The molecule has 0 atom stereocenters. The fourth-order valence-electron chi connectivity index (χ4n) is 0.866. The van der Waals surface area contributed by atoms with Crippen molar-refractivity contribution >= 4 is 12.4 Å². The molecule has 1 nitrogen and oxygen atoms in total. The van der Waals surface area contributed by atoms with Gasteiger partial charge in [0.2, 0.25) is 0 Å². The van der Waals surface area contributed by atoms with Crippen molar-refractivity contribution in [1.29, 1.82) is 0 Å². The summed E-state index contributed by atoms with van der Waals surface area (Å²) in [5, 5.41) is 0. The zero-order valence-corrected chi connectivity index (χ0v) is 7.63. The van der Waals surface area contributed by atoms with E-state index in [4.69, 9.17) is 0 Å². The first-order valence-corrected chi connectivity index (χ1v) is 3.35. The van der Waals surface area contributed by atoms with Crippen LogP contribution in [0.3, 0.4) is 0 Å². The molecule has 0 aliphatic rings. The van der Waals surface area contributed by atoms with Crippen LogP contribution in [0.25, 0.3) is 0 Å². The van der Waals surface area contributed by atoms with Gasteiger partial charge in [0.05, 0.1) is 0 Å². The Morgan fingerprint density at radius 1 is 0.889 bits per heavy atom. The van der Waals surface area contributed by atoms with Crippen molar-refractivity contribution in [3.63, 3.8) is 0 Å². The second kappa shape index (κ2) is 11.1. The van der Waals surface area contributed by atoms with Gasteiger partial charge in [-0.25, -0.2) is 0 Å². The lowest BCUT2D eigenvalue weighted by atomic mass is 10.0. The summed E-state index contributed by atoms with van der Waals surface area (Å²) in [6, 6.07) is 0. The highest BCUT2D eigenvalue weighted by molar-refractivity contribution is 5.85. The van der Waals surface area contributed by atoms with Gasteiger partial charge in [0.1, 0.15) is 0 Å². The first kappa shape index (κ1) is 16.1. The molecule has 0 spiro atoms. The third kappa shape index (κ3) is 8.25. The van der Waals surface area contributed by atoms with Gasteiger partial charge in [-0.2, -0.15) is 0 Å². The molecule has 0 unspecified atom stereocenters. The predicted molar refractivity (Wildman–Crippen MR) is 46.6 cm³/mol. The normalized spacial score (nSPS) is 8.00. The van der Waals surface area contributed by atoms with Gasteiger partial charge in [-0.3, -0.25) is 0 Å². The minimum absolute atomic E-state index is 0. The molecular weight excluding hydrogens is 134 g/mol. The molecule has 60 valence electrons. The molecule has 0 rings (SSSR count). The average molecular weight is 154 g/mol. The molecule has 0 saturated carbocycles. The summed E-state index contributed by atoms with van der Waals surface area (Å²) in [5.41, 5.74) is 0. The van der Waals surface area contributed by atoms with Crippen LogP contribution in [0.5, 0.6) is 0 Å². The van der Waals surface area contributed by atoms with Crippen LogP contribution in [0.1, 0.15) is 40.0 Å². The summed E-state index contributed by atoms with van der Waals surface area (Å²) in [6.07, 6.45) is 4.06. The maximum absolute atomic E-state index is 2.26. The lowest BCUT2D eigenvalue weighted by Gasteiger charge is -2.05. The van der Waals surface area contributed by atoms with Crippen molar-refractivity contribution in [2.75, 3.05) is 0 Å². The van der Waals surface area contributed by atoms with Gasteiger partial charge in [-0.15, -0.1) is 12.4 Å². The van der Waals surface area contributed by atoms with E-state index in [1.165, 1.54) is 19.3 Å². The Morgan fingerprint density at radius 2 is 1.11 bits per heavy atom. The molecule has 0 fully saturated rings. The standard InChI is InChI=1S/C7H16.ClH.H3N/c1-4-7(5-2)6-3;;/h7H,4-6H2,1-3H3;1H;1H3. The van der Waals surface area contributed by atoms with Crippen LogP contribution in [0.4, 0.5) is 0 Å². The Balaban J connectivity index is -0.000000180. The summed E-state index contributed by atoms with van der Waals surface area (Å²) >= 11 is 0. The molecule has 0 bridgehead atoms. The minimum Gasteiger partial charge on any atom is -0.344 e. The fourth-order valence-corrected chi connectivity index (χ4v) is 0.866. The largest absolute Gasteiger partial charge is 0.344 e. The molecule has 0 saturated heterocycles. The van der Waals surface area contributed by atoms with E-state index in [0.717, 1.165) is 5.92 Å². The van der Waals surface area contributed by atoms with Gasteiger partial charge >= 0.3 is 0 Å². The zero-order valence-electron chi connectivity index (χ0n) is 6.81. The van der Waals surface area contributed by atoms with Gasteiger partial charge in [0.25, 0.3) is 0 Å². The maximum Gasteiger partial charge on any atom is -0.0422 e. The lowest BCUT2D eigenvalue weighted by Crippen LogP contribution is -1.91. The van der Waals surface area contributed by atoms with Crippen LogP contribution in [0.2, 0.25) is 0 Å². The number of hydrogen-bond acceptors (Lipinski definition) is 1. The molecule has 0 radical (unpaired) electrons. The van der Waals surface area contributed by atoms with Gasteiger partial charge in [-0.1, -0.05) is 40.0 Å². The van der Waals surface area contributed by atoms with Crippen LogP contribution >= 0.6 is 12.4 Å². The number of hydrogen-bond donors (Lipinski definition) is 1. The summed E-state index contributed by atoms with van der Waals surface area (Å²) < 4.78 is 0. The van der Waals surface area contributed by atoms with Crippen LogP contribution in [0.15, 0.2) is 0 Å². The topological polar surface area (TPSA) is 35.0 Å². The minimum atomic E-state index is 0. The molecule has 3 N–H and O–H groups in total. The van der Waals surface area contributed by atoms with Gasteiger partial charge in [0.15, 0.2) is 0 Å².